The summed E-state index contributed by atoms with van der Waals surface area (Å²) in [5.74, 6) is 0.739. The Hall–Kier alpha value is -1.20. The topological polar surface area (TPSA) is 58.1 Å². The van der Waals surface area contributed by atoms with E-state index in [0.29, 0.717) is 17.4 Å². The van der Waals surface area contributed by atoms with Gasteiger partial charge in [-0.3, -0.25) is 4.79 Å². The second-order valence-electron chi connectivity index (χ2n) is 4.52. The summed E-state index contributed by atoms with van der Waals surface area (Å²) in [6, 6.07) is 0.347. The fraction of sp³-hybridized carbons (Fsp3) is 0.583. The molecular formula is C12H19ClN4O. The summed E-state index contributed by atoms with van der Waals surface area (Å²) < 4.78 is 0. The number of aromatic nitrogens is 2. The lowest BCUT2D eigenvalue weighted by atomic mass is 10.1. The Kier molecular flexibility index (Phi) is 5.04. The first-order valence-electron chi connectivity index (χ1n) is 5.91. The first-order valence-corrected chi connectivity index (χ1v) is 5.91. The Balaban J connectivity index is 0.00000162. The van der Waals surface area contributed by atoms with Gasteiger partial charge in [-0.05, 0) is 20.8 Å². The molecule has 1 N–H and O–H groups in total. The van der Waals surface area contributed by atoms with Crippen molar-refractivity contribution >= 4 is 18.3 Å². The van der Waals surface area contributed by atoms with E-state index < -0.39 is 0 Å². The zero-order valence-electron chi connectivity index (χ0n) is 10.9. The van der Waals surface area contributed by atoms with E-state index in [-0.39, 0.29) is 18.3 Å². The predicted molar refractivity (Wildman–Crippen MR) is 72.1 cm³/mol. The van der Waals surface area contributed by atoms with Gasteiger partial charge < -0.3 is 10.2 Å². The molecular weight excluding hydrogens is 252 g/mol. The van der Waals surface area contributed by atoms with Crippen molar-refractivity contribution in [2.24, 2.45) is 0 Å². The molecule has 1 aromatic heterocycles. The van der Waals surface area contributed by atoms with Crippen LogP contribution in [0, 0.1) is 13.8 Å². The van der Waals surface area contributed by atoms with Gasteiger partial charge in [0.2, 0.25) is 0 Å². The lowest BCUT2D eigenvalue weighted by Crippen LogP contribution is -2.51. The average molecular weight is 271 g/mol. The summed E-state index contributed by atoms with van der Waals surface area (Å²) >= 11 is 0. The van der Waals surface area contributed by atoms with Crippen LogP contribution in [-0.2, 0) is 0 Å². The summed E-state index contributed by atoms with van der Waals surface area (Å²) in [5.41, 5.74) is 1.37. The predicted octanol–water partition coefficient (Wildman–Crippen LogP) is 0.949. The van der Waals surface area contributed by atoms with E-state index in [0.717, 1.165) is 25.3 Å². The van der Waals surface area contributed by atoms with Crippen molar-refractivity contribution in [2.75, 3.05) is 19.6 Å². The fourth-order valence-electron chi connectivity index (χ4n) is 2.08. The van der Waals surface area contributed by atoms with Crippen LogP contribution in [0.3, 0.4) is 0 Å². The summed E-state index contributed by atoms with van der Waals surface area (Å²) in [4.78, 5) is 22.5. The highest BCUT2D eigenvalue weighted by Crippen LogP contribution is 2.10. The summed E-state index contributed by atoms with van der Waals surface area (Å²) in [7, 11) is 0. The van der Waals surface area contributed by atoms with Crippen LogP contribution in [-0.4, -0.2) is 46.5 Å². The summed E-state index contributed by atoms with van der Waals surface area (Å²) in [5, 5.41) is 3.32. The maximum Gasteiger partial charge on any atom is 0.257 e. The molecule has 5 nitrogen and oxygen atoms in total. The minimum absolute atomic E-state index is 0. The number of aryl methyl sites for hydroxylation is 2. The van der Waals surface area contributed by atoms with E-state index in [1.165, 1.54) is 0 Å². The van der Waals surface area contributed by atoms with Gasteiger partial charge >= 0.3 is 0 Å². The van der Waals surface area contributed by atoms with Gasteiger partial charge in [0.05, 0.1) is 11.3 Å². The van der Waals surface area contributed by atoms with E-state index >= 15 is 0 Å². The minimum atomic E-state index is 0. The van der Waals surface area contributed by atoms with Crippen molar-refractivity contribution < 1.29 is 4.79 Å². The molecule has 100 valence electrons. The van der Waals surface area contributed by atoms with E-state index in [1.54, 1.807) is 6.20 Å². The number of amides is 1. The highest BCUT2D eigenvalue weighted by atomic mass is 35.5. The number of carbonyl (C=O) groups is 1. The highest BCUT2D eigenvalue weighted by Gasteiger charge is 2.23. The minimum Gasteiger partial charge on any atom is -0.336 e. The molecule has 2 heterocycles. The molecule has 0 unspecified atom stereocenters. The Morgan fingerprint density at radius 3 is 2.83 bits per heavy atom. The number of nitrogens with one attached hydrogen (secondary N) is 1. The van der Waals surface area contributed by atoms with E-state index in [1.807, 2.05) is 18.7 Å². The molecule has 6 heteroatoms. The molecule has 0 bridgehead atoms. The van der Waals surface area contributed by atoms with Gasteiger partial charge in [-0.1, -0.05) is 0 Å². The Labute approximate surface area is 113 Å². The highest BCUT2D eigenvalue weighted by molar-refractivity contribution is 5.95. The van der Waals surface area contributed by atoms with E-state index in [2.05, 4.69) is 22.2 Å². The molecule has 1 saturated heterocycles. The van der Waals surface area contributed by atoms with Gasteiger partial charge in [0.1, 0.15) is 5.82 Å². The molecule has 0 aliphatic carbocycles. The van der Waals surface area contributed by atoms with Crippen molar-refractivity contribution in [3.05, 3.63) is 23.3 Å². The molecule has 0 spiro atoms. The molecule has 0 saturated carbocycles. The van der Waals surface area contributed by atoms with Gasteiger partial charge in [-0.15, -0.1) is 12.4 Å². The molecule has 0 aromatic carbocycles. The molecule has 1 fully saturated rings. The average Bonchev–Trinajstić information content (AvgIpc) is 2.28. The van der Waals surface area contributed by atoms with Gasteiger partial charge in [-0.2, -0.15) is 0 Å². The first-order chi connectivity index (χ1) is 8.08. The lowest BCUT2D eigenvalue weighted by molar-refractivity contribution is 0.0707. The fourth-order valence-corrected chi connectivity index (χ4v) is 2.08. The second kappa shape index (κ2) is 6.11. The third kappa shape index (κ3) is 3.17. The van der Waals surface area contributed by atoms with Crippen molar-refractivity contribution in [1.29, 1.82) is 0 Å². The quantitative estimate of drug-likeness (QED) is 0.826. The van der Waals surface area contributed by atoms with Crippen molar-refractivity contribution in [3.63, 3.8) is 0 Å². The zero-order valence-corrected chi connectivity index (χ0v) is 11.8. The zero-order chi connectivity index (χ0) is 12.4. The van der Waals surface area contributed by atoms with E-state index in [4.69, 9.17) is 0 Å². The van der Waals surface area contributed by atoms with Gasteiger partial charge in [0, 0.05) is 31.9 Å². The molecule has 18 heavy (non-hydrogen) atoms. The molecule has 1 atom stereocenters. The van der Waals surface area contributed by atoms with Crippen LogP contribution in [0.15, 0.2) is 6.20 Å². The Bertz CT molecular complexity index is 438. The number of halogens is 1. The van der Waals surface area contributed by atoms with Gasteiger partial charge in [0.15, 0.2) is 0 Å². The summed E-state index contributed by atoms with van der Waals surface area (Å²) in [6.45, 7) is 8.10. The van der Waals surface area contributed by atoms with Gasteiger partial charge in [-0.25, -0.2) is 9.97 Å². The number of nitrogens with zero attached hydrogens (tertiary/aromatic N) is 3. The Morgan fingerprint density at radius 2 is 2.22 bits per heavy atom. The maximum absolute atomic E-state index is 12.3. The monoisotopic (exact) mass is 270 g/mol. The van der Waals surface area contributed by atoms with E-state index in [9.17, 15) is 4.79 Å². The molecule has 1 aliphatic heterocycles. The van der Waals surface area contributed by atoms with Crippen LogP contribution in [0.2, 0.25) is 0 Å². The van der Waals surface area contributed by atoms with Crippen molar-refractivity contribution in [2.45, 2.75) is 26.8 Å². The number of hydrogen-bond donors (Lipinski definition) is 1. The maximum atomic E-state index is 12.3. The van der Waals surface area contributed by atoms with Crippen LogP contribution in [0.1, 0.15) is 28.8 Å². The van der Waals surface area contributed by atoms with Crippen LogP contribution in [0.5, 0.6) is 0 Å². The van der Waals surface area contributed by atoms with Crippen molar-refractivity contribution in [3.8, 4) is 0 Å². The Morgan fingerprint density at radius 1 is 1.50 bits per heavy atom. The van der Waals surface area contributed by atoms with Crippen LogP contribution >= 0.6 is 12.4 Å². The first kappa shape index (κ1) is 14.9. The molecule has 1 aromatic rings. The normalized spacial score (nSPS) is 19.3. The largest absolute Gasteiger partial charge is 0.336 e. The van der Waals surface area contributed by atoms with Crippen LogP contribution in [0.25, 0.3) is 0 Å². The molecule has 0 radical (unpaired) electrons. The third-order valence-electron chi connectivity index (χ3n) is 2.99. The smallest absolute Gasteiger partial charge is 0.257 e. The lowest BCUT2D eigenvalue weighted by Gasteiger charge is -2.32. The van der Waals surface area contributed by atoms with Crippen molar-refractivity contribution in [1.82, 2.24) is 20.2 Å². The van der Waals surface area contributed by atoms with Gasteiger partial charge in [0.25, 0.3) is 5.91 Å². The molecule has 1 aliphatic rings. The molecule has 1 amide bonds. The third-order valence-corrected chi connectivity index (χ3v) is 2.99. The number of carbonyl (C=O) groups excluding carboxylic acids is 1. The number of piperazine rings is 1. The standard InChI is InChI=1S/C12H18N4O.ClH/c1-8-7-16(5-4-13-8)12(17)11-6-14-10(3)15-9(11)2;/h6,8,13H,4-5,7H2,1-3H3;1H/t8-;/m1./s1. The second-order valence-corrected chi connectivity index (χ2v) is 4.52. The molecule has 2 rings (SSSR count). The summed E-state index contributed by atoms with van der Waals surface area (Å²) in [6.07, 6.45) is 1.63. The SMILES string of the molecule is Cc1ncc(C(=O)N2CCN[C@H](C)C2)c(C)n1.Cl. The number of hydrogen-bond acceptors (Lipinski definition) is 4. The van der Waals surface area contributed by atoms with Crippen LogP contribution in [0.4, 0.5) is 0 Å². The number of rotatable bonds is 1. The van der Waals surface area contributed by atoms with Crippen LogP contribution < -0.4 is 5.32 Å².